The highest BCUT2D eigenvalue weighted by atomic mass is 32.1. The van der Waals surface area contributed by atoms with Gasteiger partial charge >= 0.3 is 0 Å². The number of hydrogen-bond acceptors (Lipinski definition) is 5. The summed E-state index contributed by atoms with van der Waals surface area (Å²) in [4.78, 5) is 17.0. The molecule has 1 saturated heterocycles. The largest absolute Gasteiger partial charge is 0.392 e. The van der Waals surface area contributed by atoms with Crippen LogP contribution in [0.25, 0.3) is 0 Å². The zero-order valence-electron chi connectivity index (χ0n) is 11.4. The van der Waals surface area contributed by atoms with Crippen molar-refractivity contribution in [3.63, 3.8) is 0 Å². The first-order valence-corrected chi connectivity index (χ1v) is 7.90. The number of carbonyl (C=O) groups excluding carboxylic acids is 1. The Labute approximate surface area is 127 Å². The van der Waals surface area contributed by atoms with E-state index < -0.39 is 5.41 Å². The van der Waals surface area contributed by atoms with E-state index in [4.69, 9.17) is 22.7 Å². The van der Waals surface area contributed by atoms with Gasteiger partial charge in [0, 0.05) is 37.3 Å². The van der Waals surface area contributed by atoms with E-state index in [1.165, 1.54) is 0 Å². The Bertz CT molecular complexity index is 470. The molecular formula is C13H19N3O2S2. The number of nitrogens with one attached hydrogen (secondary N) is 1. The quantitative estimate of drug-likeness (QED) is 0.805. The normalized spacial score (nSPS) is 19.2. The molecule has 0 radical (unpaired) electrons. The van der Waals surface area contributed by atoms with Gasteiger partial charge in [0.1, 0.15) is 5.41 Å². The number of carbonyl (C=O) groups is 1. The molecular weight excluding hydrogens is 294 g/mol. The Balaban J connectivity index is 1.97. The van der Waals surface area contributed by atoms with E-state index in [-0.39, 0.29) is 16.8 Å². The van der Waals surface area contributed by atoms with Crippen LogP contribution in [0.2, 0.25) is 0 Å². The molecule has 1 aliphatic heterocycles. The summed E-state index contributed by atoms with van der Waals surface area (Å²) in [6.45, 7) is 3.62. The van der Waals surface area contributed by atoms with Crippen molar-refractivity contribution >= 4 is 34.5 Å². The summed E-state index contributed by atoms with van der Waals surface area (Å²) in [5, 5.41) is 5.92. The number of nitrogens with two attached hydrogens (primary N) is 1. The van der Waals surface area contributed by atoms with E-state index >= 15 is 0 Å². The minimum Gasteiger partial charge on any atom is -0.392 e. The van der Waals surface area contributed by atoms with Gasteiger partial charge in [-0.25, -0.2) is 4.98 Å². The van der Waals surface area contributed by atoms with Crippen LogP contribution >= 0.6 is 23.6 Å². The highest BCUT2D eigenvalue weighted by Crippen LogP contribution is 2.31. The average molecular weight is 313 g/mol. The Morgan fingerprint density at radius 2 is 2.35 bits per heavy atom. The maximum absolute atomic E-state index is 12.5. The Kier molecular flexibility index (Phi) is 5.06. The molecule has 0 spiro atoms. The maximum atomic E-state index is 12.5. The second kappa shape index (κ2) is 6.60. The maximum Gasteiger partial charge on any atom is 0.233 e. The number of aromatic nitrogens is 1. The van der Waals surface area contributed by atoms with Crippen molar-refractivity contribution in [3.05, 3.63) is 16.6 Å². The predicted octanol–water partition coefficient (Wildman–Crippen LogP) is 1.45. The molecule has 0 saturated carbocycles. The Morgan fingerprint density at radius 3 is 2.90 bits per heavy atom. The zero-order valence-corrected chi connectivity index (χ0v) is 13.1. The van der Waals surface area contributed by atoms with Gasteiger partial charge in [-0.15, -0.1) is 11.3 Å². The molecule has 5 nitrogen and oxygen atoms in total. The molecule has 1 aromatic rings. The van der Waals surface area contributed by atoms with Crippen LogP contribution in [0, 0.1) is 5.41 Å². The van der Waals surface area contributed by atoms with Crippen LogP contribution in [-0.2, 0) is 9.53 Å². The SMILES string of the molecule is CC(CNC(=O)C1(C(N)=S)CCOCC1)c1nccs1. The number of thiazole rings is 1. The monoisotopic (exact) mass is 313 g/mol. The van der Waals surface area contributed by atoms with Crippen molar-refractivity contribution in [1.82, 2.24) is 10.3 Å². The van der Waals surface area contributed by atoms with E-state index in [0.29, 0.717) is 32.6 Å². The van der Waals surface area contributed by atoms with E-state index in [2.05, 4.69) is 10.3 Å². The van der Waals surface area contributed by atoms with E-state index in [1.807, 2.05) is 12.3 Å². The number of rotatable bonds is 5. The molecule has 1 amide bonds. The third-order valence-electron chi connectivity index (χ3n) is 3.69. The number of ether oxygens (including phenoxy) is 1. The summed E-state index contributed by atoms with van der Waals surface area (Å²) < 4.78 is 5.31. The number of nitrogens with zero attached hydrogens (tertiary/aromatic N) is 1. The van der Waals surface area contributed by atoms with Crippen molar-refractivity contribution in [2.45, 2.75) is 25.7 Å². The summed E-state index contributed by atoms with van der Waals surface area (Å²) in [7, 11) is 0. The summed E-state index contributed by atoms with van der Waals surface area (Å²) in [5.41, 5.74) is 5.06. The van der Waals surface area contributed by atoms with Crippen molar-refractivity contribution in [2.75, 3.05) is 19.8 Å². The van der Waals surface area contributed by atoms with Crippen LogP contribution < -0.4 is 11.1 Å². The van der Waals surface area contributed by atoms with Crippen LogP contribution in [-0.4, -0.2) is 35.6 Å². The summed E-state index contributed by atoms with van der Waals surface area (Å²) >= 11 is 6.71. The molecule has 7 heteroatoms. The van der Waals surface area contributed by atoms with Gasteiger partial charge in [-0.1, -0.05) is 19.1 Å². The molecule has 2 heterocycles. The van der Waals surface area contributed by atoms with Crippen LogP contribution in [0.1, 0.15) is 30.7 Å². The highest BCUT2D eigenvalue weighted by molar-refractivity contribution is 7.80. The van der Waals surface area contributed by atoms with Gasteiger partial charge in [-0.3, -0.25) is 4.79 Å². The fraction of sp³-hybridized carbons (Fsp3) is 0.615. The molecule has 1 atom stereocenters. The van der Waals surface area contributed by atoms with E-state index in [9.17, 15) is 4.79 Å². The fourth-order valence-electron chi connectivity index (χ4n) is 2.29. The number of hydrogen-bond donors (Lipinski definition) is 2. The van der Waals surface area contributed by atoms with Gasteiger partial charge in [0.15, 0.2) is 0 Å². The van der Waals surface area contributed by atoms with Gasteiger partial charge in [0.05, 0.1) is 10.00 Å². The van der Waals surface area contributed by atoms with Gasteiger partial charge < -0.3 is 15.8 Å². The Hall–Kier alpha value is -1.05. The van der Waals surface area contributed by atoms with Gasteiger partial charge in [-0.05, 0) is 12.8 Å². The van der Waals surface area contributed by atoms with Crippen LogP contribution in [0.3, 0.4) is 0 Å². The molecule has 1 aliphatic rings. The minimum absolute atomic E-state index is 0.0864. The summed E-state index contributed by atoms with van der Waals surface area (Å²) in [6, 6.07) is 0. The number of amides is 1. The average Bonchev–Trinajstić information content (AvgIpc) is 2.99. The molecule has 1 fully saturated rings. The minimum atomic E-state index is -0.754. The zero-order chi connectivity index (χ0) is 14.6. The lowest BCUT2D eigenvalue weighted by Crippen LogP contribution is -2.52. The predicted molar refractivity (Wildman–Crippen MR) is 82.8 cm³/mol. The first kappa shape index (κ1) is 15.3. The first-order chi connectivity index (χ1) is 9.56. The summed E-state index contributed by atoms with van der Waals surface area (Å²) in [5.74, 6) is 0.0962. The van der Waals surface area contributed by atoms with Crippen LogP contribution in [0.4, 0.5) is 0 Å². The fourth-order valence-corrected chi connectivity index (χ4v) is 3.28. The molecule has 0 aliphatic carbocycles. The third-order valence-corrected chi connectivity index (χ3v) is 5.09. The Morgan fingerprint density at radius 1 is 1.65 bits per heavy atom. The van der Waals surface area contributed by atoms with Gasteiger partial charge in [0.2, 0.25) is 5.91 Å². The molecule has 3 N–H and O–H groups in total. The standard InChI is InChI=1S/C13H19N3O2S2/c1-9(10-15-4-7-20-10)8-16-12(17)13(11(14)19)2-5-18-6-3-13/h4,7,9H,2-3,5-6,8H2,1H3,(H2,14,19)(H,16,17). The van der Waals surface area contributed by atoms with Crippen LogP contribution in [0.15, 0.2) is 11.6 Å². The molecule has 110 valence electrons. The van der Waals surface area contributed by atoms with Crippen molar-refractivity contribution in [1.29, 1.82) is 0 Å². The first-order valence-electron chi connectivity index (χ1n) is 6.61. The van der Waals surface area contributed by atoms with E-state index in [1.54, 1.807) is 17.5 Å². The van der Waals surface area contributed by atoms with E-state index in [0.717, 1.165) is 5.01 Å². The number of thiocarbonyl (C=S) groups is 1. The van der Waals surface area contributed by atoms with Crippen LogP contribution in [0.5, 0.6) is 0 Å². The van der Waals surface area contributed by atoms with Crippen molar-refractivity contribution in [3.8, 4) is 0 Å². The van der Waals surface area contributed by atoms with Gasteiger partial charge in [-0.2, -0.15) is 0 Å². The lowest BCUT2D eigenvalue weighted by atomic mass is 9.79. The molecule has 1 unspecified atom stereocenters. The molecule has 0 aromatic carbocycles. The molecule has 1 aromatic heterocycles. The molecule has 20 heavy (non-hydrogen) atoms. The third kappa shape index (κ3) is 3.16. The second-order valence-corrected chi connectivity index (χ2v) is 6.41. The second-order valence-electron chi connectivity index (χ2n) is 5.04. The molecule has 2 rings (SSSR count). The smallest absolute Gasteiger partial charge is 0.233 e. The molecule has 0 bridgehead atoms. The van der Waals surface area contributed by atoms with Crippen molar-refractivity contribution < 1.29 is 9.53 Å². The van der Waals surface area contributed by atoms with Crippen molar-refractivity contribution in [2.24, 2.45) is 11.1 Å². The lowest BCUT2D eigenvalue weighted by molar-refractivity contribution is -0.131. The van der Waals surface area contributed by atoms with Gasteiger partial charge in [0.25, 0.3) is 0 Å². The topological polar surface area (TPSA) is 77.2 Å². The highest BCUT2D eigenvalue weighted by Gasteiger charge is 2.42. The summed E-state index contributed by atoms with van der Waals surface area (Å²) in [6.07, 6.45) is 2.88. The lowest BCUT2D eigenvalue weighted by Gasteiger charge is -2.34.